The molecule has 2 aliphatic rings. The normalized spacial score (nSPS) is 30.6. The van der Waals surface area contributed by atoms with Crippen LogP contribution in [-0.4, -0.2) is 42.1 Å². The number of nitrogens with two attached hydrogens (primary N) is 2. The fourth-order valence-electron chi connectivity index (χ4n) is 1.85. The van der Waals surface area contributed by atoms with Gasteiger partial charge in [0.1, 0.15) is 0 Å². The zero-order valence-electron chi connectivity index (χ0n) is 7.23. The van der Waals surface area contributed by atoms with E-state index in [9.17, 15) is 0 Å². The number of hydrogen-bond acceptors (Lipinski definition) is 2. The van der Waals surface area contributed by atoms with Crippen molar-refractivity contribution in [1.29, 1.82) is 5.41 Å². The van der Waals surface area contributed by atoms with Crippen LogP contribution in [0.15, 0.2) is 4.99 Å². The van der Waals surface area contributed by atoms with Gasteiger partial charge in [0.25, 0.3) is 0 Å². The van der Waals surface area contributed by atoms with E-state index in [1.165, 1.54) is 0 Å². The third kappa shape index (κ3) is 1.44. The first-order valence-corrected chi connectivity index (χ1v) is 4.23. The summed E-state index contributed by atoms with van der Waals surface area (Å²) in [4.78, 5) is 5.59. The van der Waals surface area contributed by atoms with Crippen molar-refractivity contribution in [1.82, 2.24) is 4.90 Å². The second-order valence-electron chi connectivity index (χ2n) is 3.36. The maximum atomic E-state index is 7.59. The molecule has 0 aromatic heterocycles. The summed E-state index contributed by atoms with van der Waals surface area (Å²) in [5.41, 5.74) is 10.4. The third-order valence-corrected chi connectivity index (χ3v) is 2.41. The smallest absolute Gasteiger partial charge is 0.221 e. The molecule has 0 saturated carbocycles. The first-order chi connectivity index (χ1) is 6.16. The lowest BCUT2D eigenvalue weighted by atomic mass is 10.2. The van der Waals surface area contributed by atoms with Crippen LogP contribution in [0.3, 0.4) is 0 Å². The molecule has 5 N–H and O–H groups in total. The Kier molecular flexibility index (Phi) is 1.84. The lowest BCUT2D eigenvalue weighted by molar-refractivity contribution is 0.0560. The molecule has 0 aliphatic carbocycles. The van der Waals surface area contributed by atoms with Gasteiger partial charge in [-0.2, -0.15) is 4.99 Å². The molecule has 72 valence electrons. The lowest BCUT2D eigenvalue weighted by Gasteiger charge is -2.26. The summed E-state index contributed by atoms with van der Waals surface area (Å²) in [6.45, 7) is 1.42. The third-order valence-electron chi connectivity index (χ3n) is 2.41. The van der Waals surface area contributed by atoms with Gasteiger partial charge in [0, 0.05) is 6.54 Å². The van der Waals surface area contributed by atoms with E-state index in [2.05, 4.69) is 4.99 Å². The molecule has 0 amide bonds. The van der Waals surface area contributed by atoms with Gasteiger partial charge in [-0.1, -0.05) is 0 Å². The Bertz CT molecular complexity index is 260. The molecule has 0 aromatic carbocycles. The summed E-state index contributed by atoms with van der Waals surface area (Å²) < 4.78 is 5.39. The van der Waals surface area contributed by atoms with E-state index in [4.69, 9.17) is 21.6 Å². The van der Waals surface area contributed by atoms with E-state index in [-0.39, 0.29) is 18.0 Å². The molecule has 2 bridgehead atoms. The average molecular weight is 183 g/mol. The number of rotatable bonds is 0. The highest BCUT2D eigenvalue weighted by Gasteiger charge is 2.40. The van der Waals surface area contributed by atoms with E-state index in [1.54, 1.807) is 0 Å². The van der Waals surface area contributed by atoms with Crippen LogP contribution in [0.4, 0.5) is 0 Å². The van der Waals surface area contributed by atoms with Gasteiger partial charge in [-0.15, -0.1) is 0 Å². The second kappa shape index (κ2) is 2.88. The average Bonchev–Trinajstić information content (AvgIpc) is 2.62. The van der Waals surface area contributed by atoms with Crippen LogP contribution in [0.5, 0.6) is 0 Å². The Labute approximate surface area is 76.1 Å². The topological polar surface area (TPSA) is 101 Å². The van der Waals surface area contributed by atoms with Crippen LogP contribution in [0.2, 0.25) is 0 Å². The number of hydrogen-bond donors (Lipinski definition) is 3. The monoisotopic (exact) mass is 183 g/mol. The number of fused-ring (bicyclic) bond motifs is 2. The second-order valence-corrected chi connectivity index (χ2v) is 3.36. The van der Waals surface area contributed by atoms with Crippen molar-refractivity contribution in [2.75, 3.05) is 13.2 Å². The Balaban J connectivity index is 2.03. The van der Waals surface area contributed by atoms with Crippen molar-refractivity contribution in [2.45, 2.75) is 18.6 Å². The molecular formula is C7H13N5O. The number of guanidine groups is 2. The zero-order valence-corrected chi connectivity index (χ0v) is 7.23. The van der Waals surface area contributed by atoms with Gasteiger partial charge in [-0.3, -0.25) is 5.41 Å². The first-order valence-electron chi connectivity index (χ1n) is 4.23. The summed E-state index contributed by atoms with van der Waals surface area (Å²) in [7, 11) is 0. The number of ether oxygens (including phenoxy) is 1. The van der Waals surface area contributed by atoms with Crippen molar-refractivity contribution >= 4 is 11.9 Å². The number of morpholine rings is 1. The minimum absolute atomic E-state index is 0.0614. The maximum absolute atomic E-state index is 7.59. The molecule has 0 aromatic rings. The van der Waals surface area contributed by atoms with Gasteiger partial charge in [0.15, 0.2) is 5.96 Å². The molecular weight excluding hydrogens is 170 g/mol. The van der Waals surface area contributed by atoms with Crippen molar-refractivity contribution in [3.05, 3.63) is 0 Å². The van der Waals surface area contributed by atoms with E-state index < -0.39 is 0 Å². The molecule has 0 radical (unpaired) electrons. The molecule has 6 nitrogen and oxygen atoms in total. The Hall–Kier alpha value is -1.30. The minimum atomic E-state index is -0.0614. The number of likely N-dealkylation sites (tertiary alicyclic amines) is 1. The molecule has 2 heterocycles. The van der Waals surface area contributed by atoms with Gasteiger partial charge < -0.3 is 21.1 Å². The van der Waals surface area contributed by atoms with E-state index in [0.717, 1.165) is 13.0 Å². The first kappa shape index (κ1) is 8.31. The SMILES string of the molecule is N=C(N=C(N)N)N1CC2CC1CO2. The lowest BCUT2D eigenvalue weighted by Crippen LogP contribution is -2.41. The van der Waals surface area contributed by atoms with Crippen LogP contribution in [0.25, 0.3) is 0 Å². The maximum Gasteiger partial charge on any atom is 0.221 e. The summed E-state index contributed by atoms with van der Waals surface area (Å²) in [6.07, 6.45) is 1.25. The standard InChI is InChI=1S/C7H13N5O/c8-6(9)11-7(10)12-2-5-1-4(12)3-13-5/h4-5H,1-3H2,(H5,8,9,10,11). The van der Waals surface area contributed by atoms with Crippen molar-refractivity contribution in [3.8, 4) is 0 Å². The number of aliphatic imine (C=N–C) groups is 1. The molecule has 2 rings (SSSR count). The minimum Gasteiger partial charge on any atom is -0.374 e. The molecule has 6 heteroatoms. The predicted molar refractivity (Wildman–Crippen MR) is 48.4 cm³/mol. The van der Waals surface area contributed by atoms with Gasteiger partial charge in [-0.05, 0) is 6.42 Å². The summed E-state index contributed by atoms with van der Waals surface area (Å²) in [5, 5.41) is 7.59. The van der Waals surface area contributed by atoms with Crippen molar-refractivity contribution in [3.63, 3.8) is 0 Å². The van der Waals surface area contributed by atoms with Crippen LogP contribution >= 0.6 is 0 Å². The Morgan fingerprint density at radius 1 is 1.54 bits per heavy atom. The summed E-state index contributed by atoms with van der Waals surface area (Å²) in [6, 6.07) is 0.292. The predicted octanol–water partition coefficient (Wildman–Crippen LogP) is -1.33. The molecule has 13 heavy (non-hydrogen) atoms. The molecule has 2 saturated heterocycles. The van der Waals surface area contributed by atoms with Crippen molar-refractivity contribution < 1.29 is 4.74 Å². The van der Waals surface area contributed by atoms with Crippen molar-refractivity contribution in [2.24, 2.45) is 16.5 Å². The summed E-state index contributed by atoms with van der Waals surface area (Å²) >= 11 is 0. The zero-order chi connectivity index (χ0) is 9.42. The van der Waals surface area contributed by atoms with Gasteiger partial charge in [-0.25, -0.2) is 0 Å². The highest BCUT2D eigenvalue weighted by atomic mass is 16.5. The fraction of sp³-hybridized carbons (Fsp3) is 0.714. The molecule has 0 spiro atoms. The molecule has 2 atom stereocenters. The van der Waals surface area contributed by atoms with E-state index in [0.29, 0.717) is 12.6 Å². The van der Waals surface area contributed by atoms with Crippen LogP contribution < -0.4 is 11.5 Å². The molecule has 2 unspecified atom stereocenters. The van der Waals surface area contributed by atoms with E-state index in [1.807, 2.05) is 4.90 Å². The quantitative estimate of drug-likeness (QED) is 0.320. The van der Waals surface area contributed by atoms with Gasteiger partial charge in [0.05, 0.1) is 18.8 Å². The summed E-state index contributed by atoms with van der Waals surface area (Å²) in [5.74, 6) is 0.0875. The van der Waals surface area contributed by atoms with Crippen LogP contribution in [-0.2, 0) is 4.74 Å². The number of nitrogens with zero attached hydrogens (tertiary/aromatic N) is 2. The Morgan fingerprint density at radius 2 is 2.31 bits per heavy atom. The Morgan fingerprint density at radius 3 is 2.77 bits per heavy atom. The molecule has 2 aliphatic heterocycles. The number of nitrogens with one attached hydrogen (secondary N) is 1. The van der Waals surface area contributed by atoms with Crippen LogP contribution in [0, 0.1) is 5.41 Å². The fourth-order valence-corrected chi connectivity index (χ4v) is 1.85. The molecule has 2 fully saturated rings. The van der Waals surface area contributed by atoms with Gasteiger partial charge >= 0.3 is 0 Å². The van der Waals surface area contributed by atoms with Gasteiger partial charge in [0.2, 0.25) is 5.96 Å². The highest BCUT2D eigenvalue weighted by Crippen LogP contribution is 2.27. The van der Waals surface area contributed by atoms with Crippen LogP contribution in [0.1, 0.15) is 6.42 Å². The van der Waals surface area contributed by atoms with E-state index >= 15 is 0 Å². The highest BCUT2D eigenvalue weighted by molar-refractivity contribution is 5.92. The largest absolute Gasteiger partial charge is 0.374 e.